The van der Waals surface area contributed by atoms with Crippen LogP contribution in [0.5, 0.6) is 0 Å². The second kappa shape index (κ2) is 4.33. The van der Waals surface area contributed by atoms with Gasteiger partial charge in [-0.25, -0.2) is 0 Å². The first kappa shape index (κ1) is 9.36. The maximum absolute atomic E-state index is 5.74. The van der Waals surface area contributed by atoms with Gasteiger partial charge in [-0.2, -0.15) is 0 Å². The Labute approximate surface area is 80.7 Å². The summed E-state index contributed by atoms with van der Waals surface area (Å²) in [7, 11) is 1.47. The van der Waals surface area contributed by atoms with Crippen molar-refractivity contribution in [3.8, 4) is 0 Å². The molecule has 0 spiro atoms. The van der Waals surface area contributed by atoms with Gasteiger partial charge >= 0.3 is 0 Å². The number of benzene rings is 1. The SMILES string of the molecule is CON=Cc1cc(Cl)cc(Cl)c1. The normalized spacial score (nSPS) is 10.6. The Morgan fingerprint density at radius 1 is 1.25 bits per heavy atom. The van der Waals surface area contributed by atoms with Gasteiger partial charge in [-0.3, -0.25) is 0 Å². The lowest BCUT2D eigenvalue weighted by atomic mass is 10.2. The number of halogens is 2. The number of oxime groups is 1. The molecule has 0 unspecified atom stereocenters. The first-order valence-electron chi connectivity index (χ1n) is 3.25. The van der Waals surface area contributed by atoms with E-state index in [-0.39, 0.29) is 0 Å². The standard InChI is InChI=1S/C8H7Cl2NO/c1-12-11-5-6-2-7(9)4-8(10)3-6/h2-5H,1H3. The predicted molar refractivity (Wildman–Crippen MR) is 51.1 cm³/mol. The minimum atomic E-state index is 0.583. The molecule has 0 radical (unpaired) electrons. The van der Waals surface area contributed by atoms with Crippen molar-refractivity contribution in [3.05, 3.63) is 33.8 Å². The second-order valence-corrected chi connectivity index (χ2v) is 2.99. The maximum Gasteiger partial charge on any atom is 0.106 e. The summed E-state index contributed by atoms with van der Waals surface area (Å²) in [6.07, 6.45) is 1.54. The maximum atomic E-state index is 5.74. The largest absolute Gasteiger partial charge is 0.399 e. The summed E-state index contributed by atoms with van der Waals surface area (Å²) in [5, 5.41) is 4.75. The van der Waals surface area contributed by atoms with Gasteiger partial charge in [0.2, 0.25) is 0 Å². The van der Waals surface area contributed by atoms with E-state index < -0.39 is 0 Å². The average molecular weight is 204 g/mol. The minimum absolute atomic E-state index is 0.583. The van der Waals surface area contributed by atoms with E-state index in [1.807, 2.05) is 0 Å². The highest BCUT2D eigenvalue weighted by molar-refractivity contribution is 6.35. The van der Waals surface area contributed by atoms with Gasteiger partial charge in [-0.15, -0.1) is 0 Å². The first-order chi connectivity index (χ1) is 5.72. The van der Waals surface area contributed by atoms with E-state index in [2.05, 4.69) is 9.99 Å². The van der Waals surface area contributed by atoms with Crippen molar-refractivity contribution in [3.63, 3.8) is 0 Å². The van der Waals surface area contributed by atoms with Gasteiger partial charge in [-0.1, -0.05) is 28.4 Å². The van der Waals surface area contributed by atoms with Crippen LogP contribution in [-0.4, -0.2) is 13.3 Å². The van der Waals surface area contributed by atoms with Crippen LogP contribution in [0.3, 0.4) is 0 Å². The monoisotopic (exact) mass is 203 g/mol. The second-order valence-electron chi connectivity index (χ2n) is 2.12. The van der Waals surface area contributed by atoms with E-state index in [1.165, 1.54) is 13.3 Å². The van der Waals surface area contributed by atoms with Crippen molar-refractivity contribution >= 4 is 29.4 Å². The molecule has 64 valence electrons. The summed E-state index contributed by atoms with van der Waals surface area (Å²) in [6, 6.07) is 5.15. The number of rotatable bonds is 2. The molecule has 0 bridgehead atoms. The lowest BCUT2D eigenvalue weighted by molar-refractivity contribution is 0.215. The summed E-state index contributed by atoms with van der Waals surface area (Å²) in [5.74, 6) is 0. The summed E-state index contributed by atoms with van der Waals surface area (Å²) in [6.45, 7) is 0. The van der Waals surface area contributed by atoms with Crippen LogP contribution in [0.2, 0.25) is 10.0 Å². The molecule has 12 heavy (non-hydrogen) atoms. The van der Waals surface area contributed by atoms with E-state index in [1.54, 1.807) is 18.2 Å². The molecule has 2 nitrogen and oxygen atoms in total. The molecule has 0 saturated carbocycles. The van der Waals surface area contributed by atoms with Gasteiger partial charge in [0, 0.05) is 10.0 Å². The Morgan fingerprint density at radius 3 is 2.33 bits per heavy atom. The topological polar surface area (TPSA) is 21.6 Å². The molecule has 1 aromatic rings. The van der Waals surface area contributed by atoms with Crippen molar-refractivity contribution in [2.45, 2.75) is 0 Å². The third-order valence-electron chi connectivity index (χ3n) is 1.19. The summed E-state index contributed by atoms with van der Waals surface area (Å²) in [4.78, 5) is 4.51. The third kappa shape index (κ3) is 2.72. The quantitative estimate of drug-likeness (QED) is 0.536. The van der Waals surface area contributed by atoms with Gasteiger partial charge in [-0.05, 0) is 23.8 Å². The summed E-state index contributed by atoms with van der Waals surface area (Å²) < 4.78 is 0. The molecule has 0 atom stereocenters. The lowest BCUT2D eigenvalue weighted by Gasteiger charge is -1.95. The molecule has 1 rings (SSSR count). The zero-order chi connectivity index (χ0) is 8.97. The highest BCUT2D eigenvalue weighted by atomic mass is 35.5. The van der Waals surface area contributed by atoms with Gasteiger partial charge in [0.1, 0.15) is 7.11 Å². The Hall–Kier alpha value is -0.730. The van der Waals surface area contributed by atoms with Crippen LogP contribution < -0.4 is 0 Å². The number of hydrogen-bond acceptors (Lipinski definition) is 2. The van der Waals surface area contributed by atoms with Gasteiger partial charge in [0.15, 0.2) is 0 Å². The number of nitrogens with zero attached hydrogens (tertiary/aromatic N) is 1. The molecule has 0 aliphatic carbocycles. The van der Waals surface area contributed by atoms with Crippen LogP contribution in [0.25, 0.3) is 0 Å². The highest BCUT2D eigenvalue weighted by Crippen LogP contribution is 2.17. The van der Waals surface area contributed by atoms with Crippen molar-refractivity contribution in [1.29, 1.82) is 0 Å². The summed E-state index contributed by atoms with van der Waals surface area (Å²) in [5.41, 5.74) is 0.814. The fourth-order valence-electron chi connectivity index (χ4n) is 0.763. The molecule has 0 aromatic heterocycles. The van der Waals surface area contributed by atoms with Gasteiger partial charge in [0.05, 0.1) is 6.21 Å². The van der Waals surface area contributed by atoms with E-state index in [9.17, 15) is 0 Å². The average Bonchev–Trinajstić information content (AvgIpc) is 1.99. The lowest BCUT2D eigenvalue weighted by Crippen LogP contribution is -1.81. The van der Waals surface area contributed by atoms with E-state index in [0.29, 0.717) is 10.0 Å². The minimum Gasteiger partial charge on any atom is -0.399 e. The Kier molecular flexibility index (Phi) is 3.38. The fourth-order valence-corrected chi connectivity index (χ4v) is 1.31. The van der Waals surface area contributed by atoms with Crippen LogP contribution in [-0.2, 0) is 4.84 Å². The molecular formula is C8H7Cl2NO. The van der Waals surface area contributed by atoms with Gasteiger partial charge < -0.3 is 4.84 Å². The molecule has 0 amide bonds. The van der Waals surface area contributed by atoms with Crippen LogP contribution >= 0.6 is 23.2 Å². The molecule has 4 heteroatoms. The van der Waals surface area contributed by atoms with Crippen LogP contribution in [0.1, 0.15) is 5.56 Å². The number of hydrogen-bond donors (Lipinski definition) is 0. The molecule has 0 aliphatic rings. The Balaban J connectivity index is 2.93. The molecular weight excluding hydrogens is 197 g/mol. The smallest absolute Gasteiger partial charge is 0.106 e. The molecule has 0 fully saturated rings. The Morgan fingerprint density at radius 2 is 1.83 bits per heavy atom. The molecule has 0 aliphatic heterocycles. The first-order valence-corrected chi connectivity index (χ1v) is 4.00. The van der Waals surface area contributed by atoms with E-state index in [4.69, 9.17) is 23.2 Å². The molecule has 1 aromatic carbocycles. The van der Waals surface area contributed by atoms with E-state index >= 15 is 0 Å². The van der Waals surface area contributed by atoms with Crippen LogP contribution in [0, 0.1) is 0 Å². The fraction of sp³-hybridized carbons (Fsp3) is 0.125. The van der Waals surface area contributed by atoms with Crippen LogP contribution in [0.4, 0.5) is 0 Å². The molecule has 0 heterocycles. The van der Waals surface area contributed by atoms with Crippen molar-refractivity contribution < 1.29 is 4.84 Å². The van der Waals surface area contributed by atoms with Crippen molar-refractivity contribution in [1.82, 2.24) is 0 Å². The van der Waals surface area contributed by atoms with E-state index in [0.717, 1.165) is 5.56 Å². The van der Waals surface area contributed by atoms with Gasteiger partial charge in [0.25, 0.3) is 0 Å². The zero-order valence-corrected chi connectivity index (χ0v) is 7.93. The van der Waals surface area contributed by atoms with Crippen molar-refractivity contribution in [2.24, 2.45) is 5.16 Å². The highest BCUT2D eigenvalue weighted by Gasteiger charge is 1.94. The third-order valence-corrected chi connectivity index (χ3v) is 1.63. The van der Waals surface area contributed by atoms with Crippen molar-refractivity contribution in [2.75, 3.05) is 7.11 Å². The molecule has 0 N–H and O–H groups in total. The molecule has 0 saturated heterocycles. The Bertz CT molecular complexity index is 279. The predicted octanol–water partition coefficient (Wildman–Crippen LogP) is 2.97. The zero-order valence-electron chi connectivity index (χ0n) is 6.42. The van der Waals surface area contributed by atoms with Crippen LogP contribution in [0.15, 0.2) is 23.4 Å². The summed E-state index contributed by atoms with van der Waals surface area (Å²) >= 11 is 11.5.